The fraction of sp³-hybridized carbons (Fsp3) is 0.929. The highest BCUT2D eigenvalue weighted by molar-refractivity contribution is 5.96. The lowest BCUT2D eigenvalue weighted by Gasteiger charge is -2.52. The van der Waals surface area contributed by atoms with Gasteiger partial charge in [-0.05, 0) is 37.5 Å². The summed E-state index contributed by atoms with van der Waals surface area (Å²) in [6.07, 6.45) is 4.81. The van der Waals surface area contributed by atoms with Crippen LogP contribution in [0, 0.1) is 16.7 Å². The van der Waals surface area contributed by atoms with E-state index < -0.39 is 5.60 Å². The Labute approximate surface area is 97.7 Å². The number of Topliss-reactive ketones (excluding diaryl/α,β-unsaturated/α-hetero) is 1. The van der Waals surface area contributed by atoms with Gasteiger partial charge in [-0.1, -0.05) is 27.2 Å². The van der Waals surface area contributed by atoms with Crippen molar-refractivity contribution in [3.05, 3.63) is 0 Å². The average Bonchev–Trinajstić information content (AvgIpc) is 2.83. The highest BCUT2D eigenvalue weighted by Gasteiger charge is 2.70. The first-order valence-corrected chi connectivity index (χ1v) is 6.53. The summed E-state index contributed by atoms with van der Waals surface area (Å²) in [5, 5.41) is 0. The van der Waals surface area contributed by atoms with E-state index in [-0.39, 0.29) is 11.5 Å². The van der Waals surface area contributed by atoms with Crippen LogP contribution in [0.1, 0.15) is 53.4 Å². The molecule has 0 bridgehead atoms. The molecule has 2 aliphatic carbocycles. The molecule has 3 fully saturated rings. The third-order valence-electron chi connectivity index (χ3n) is 5.59. The van der Waals surface area contributed by atoms with Crippen LogP contribution >= 0.6 is 0 Å². The van der Waals surface area contributed by atoms with E-state index in [1.807, 2.05) is 6.92 Å². The molecule has 0 spiro atoms. The Balaban J connectivity index is 2.02. The van der Waals surface area contributed by atoms with Crippen molar-refractivity contribution in [2.75, 3.05) is 0 Å². The van der Waals surface area contributed by atoms with Gasteiger partial charge in [0.1, 0.15) is 0 Å². The SMILES string of the molecule is CC1(C)CCC[C@]2(C)C(=O)[C@]3(C)OC3CC12. The van der Waals surface area contributed by atoms with Crippen molar-refractivity contribution in [2.45, 2.75) is 65.1 Å². The van der Waals surface area contributed by atoms with E-state index in [2.05, 4.69) is 20.8 Å². The van der Waals surface area contributed by atoms with E-state index >= 15 is 0 Å². The van der Waals surface area contributed by atoms with E-state index in [1.165, 1.54) is 12.8 Å². The summed E-state index contributed by atoms with van der Waals surface area (Å²) < 4.78 is 5.68. The second kappa shape index (κ2) is 2.72. The number of rotatable bonds is 0. The van der Waals surface area contributed by atoms with Gasteiger partial charge in [0, 0.05) is 5.41 Å². The fourth-order valence-electron chi connectivity index (χ4n) is 4.49. The molecule has 2 nitrogen and oxygen atoms in total. The molecule has 0 aromatic carbocycles. The van der Waals surface area contributed by atoms with Gasteiger partial charge in [-0.2, -0.15) is 0 Å². The number of carbonyl (C=O) groups excluding carboxylic acids is 1. The maximum Gasteiger partial charge on any atom is 0.173 e. The zero-order chi connectivity index (χ0) is 11.8. The molecule has 0 aromatic heterocycles. The predicted octanol–water partition coefficient (Wildman–Crippen LogP) is 2.95. The number of epoxide rings is 1. The summed E-state index contributed by atoms with van der Waals surface area (Å²) in [6, 6.07) is 0. The second-order valence-electron chi connectivity index (χ2n) is 7.09. The minimum atomic E-state index is -0.418. The largest absolute Gasteiger partial charge is 0.358 e. The van der Waals surface area contributed by atoms with Crippen LogP contribution in [-0.2, 0) is 9.53 Å². The van der Waals surface area contributed by atoms with E-state index in [1.54, 1.807) is 0 Å². The zero-order valence-corrected chi connectivity index (χ0v) is 10.8. The molecule has 2 unspecified atom stereocenters. The molecule has 4 atom stereocenters. The van der Waals surface area contributed by atoms with Crippen LogP contribution in [0.25, 0.3) is 0 Å². The Kier molecular flexibility index (Phi) is 1.83. The monoisotopic (exact) mass is 222 g/mol. The number of ether oxygens (including phenoxy) is 1. The predicted molar refractivity (Wildman–Crippen MR) is 62.1 cm³/mol. The van der Waals surface area contributed by atoms with Crippen molar-refractivity contribution < 1.29 is 9.53 Å². The average molecular weight is 222 g/mol. The minimum absolute atomic E-state index is 0.122. The van der Waals surface area contributed by atoms with Crippen LogP contribution in [0.4, 0.5) is 0 Å². The summed E-state index contributed by atoms with van der Waals surface area (Å²) in [6.45, 7) is 8.83. The summed E-state index contributed by atoms with van der Waals surface area (Å²) in [5.74, 6) is 0.899. The highest BCUT2D eigenvalue weighted by atomic mass is 16.6. The Morgan fingerprint density at radius 3 is 2.56 bits per heavy atom. The zero-order valence-electron chi connectivity index (χ0n) is 10.8. The van der Waals surface area contributed by atoms with Gasteiger partial charge >= 0.3 is 0 Å². The molecule has 0 radical (unpaired) electrons. The van der Waals surface area contributed by atoms with Crippen LogP contribution in [0.3, 0.4) is 0 Å². The number of hydrogen-bond acceptors (Lipinski definition) is 2. The first-order valence-electron chi connectivity index (χ1n) is 6.53. The molecule has 0 aromatic rings. The van der Waals surface area contributed by atoms with E-state index in [9.17, 15) is 4.79 Å². The maximum absolute atomic E-state index is 12.6. The first-order chi connectivity index (χ1) is 7.31. The summed E-state index contributed by atoms with van der Waals surface area (Å²) in [7, 11) is 0. The summed E-state index contributed by atoms with van der Waals surface area (Å²) in [4.78, 5) is 12.6. The molecule has 16 heavy (non-hydrogen) atoms. The molecule has 1 aliphatic heterocycles. The third kappa shape index (κ3) is 1.09. The molecule has 3 rings (SSSR count). The van der Waals surface area contributed by atoms with Gasteiger partial charge in [-0.15, -0.1) is 0 Å². The Bertz CT molecular complexity index is 360. The lowest BCUT2D eigenvalue weighted by molar-refractivity contribution is -0.145. The van der Waals surface area contributed by atoms with Crippen molar-refractivity contribution in [1.82, 2.24) is 0 Å². The Morgan fingerprint density at radius 2 is 1.88 bits per heavy atom. The molecule has 2 heteroatoms. The van der Waals surface area contributed by atoms with Crippen LogP contribution in [-0.4, -0.2) is 17.5 Å². The van der Waals surface area contributed by atoms with Crippen LogP contribution < -0.4 is 0 Å². The van der Waals surface area contributed by atoms with Gasteiger partial charge in [0.15, 0.2) is 11.4 Å². The molecular weight excluding hydrogens is 200 g/mol. The van der Waals surface area contributed by atoms with Crippen molar-refractivity contribution >= 4 is 5.78 Å². The van der Waals surface area contributed by atoms with Crippen molar-refractivity contribution in [2.24, 2.45) is 16.7 Å². The van der Waals surface area contributed by atoms with Crippen molar-refractivity contribution in [3.63, 3.8) is 0 Å². The molecule has 0 amide bonds. The molecule has 2 saturated carbocycles. The first kappa shape index (κ1) is 10.8. The number of fused-ring (bicyclic) bond motifs is 2. The summed E-state index contributed by atoms with van der Waals surface area (Å²) in [5.41, 5.74) is -0.238. The number of ketones is 1. The molecule has 0 N–H and O–H groups in total. The van der Waals surface area contributed by atoms with E-state index in [0.29, 0.717) is 17.1 Å². The Morgan fingerprint density at radius 1 is 1.19 bits per heavy atom. The summed E-state index contributed by atoms with van der Waals surface area (Å²) >= 11 is 0. The second-order valence-corrected chi connectivity index (χ2v) is 7.09. The van der Waals surface area contributed by atoms with Crippen LogP contribution in [0.5, 0.6) is 0 Å². The topological polar surface area (TPSA) is 29.6 Å². The molecule has 1 saturated heterocycles. The van der Waals surface area contributed by atoms with Gasteiger partial charge in [0.25, 0.3) is 0 Å². The molecule has 3 aliphatic rings. The lowest BCUT2D eigenvalue weighted by atomic mass is 9.50. The Hall–Kier alpha value is -0.370. The maximum atomic E-state index is 12.6. The van der Waals surface area contributed by atoms with Crippen LogP contribution in [0.2, 0.25) is 0 Å². The van der Waals surface area contributed by atoms with Crippen molar-refractivity contribution in [1.29, 1.82) is 0 Å². The third-order valence-corrected chi connectivity index (χ3v) is 5.59. The van der Waals surface area contributed by atoms with Gasteiger partial charge in [-0.25, -0.2) is 0 Å². The van der Waals surface area contributed by atoms with Crippen molar-refractivity contribution in [3.8, 4) is 0 Å². The fourth-order valence-corrected chi connectivity index (χ4v) is 4.49. The quantitative estimate of drug-likeness (QED) is 0.590. The lowest BCUT2D eigenvalue weighted by Crippen LogP contribution is -2.54. The van der Waals surface area contributed by atoms with Crippen LogP contribution in [0.15, 0.2) is 0 Å². The van der Waals surface area contributed by atoms with Gasteiger partial charge in [0.2, 0.25) is 0 Å². The molecular formula is C14H22O2. The number of hydrogen-bond donors (Lipinski definition) is 0. The van der Waals surface area contributed by atoms with Gasteiger partial charge in [0.05, 0.1) is 6.10 Å². The minimum Gasteiger partial charge on any atom is -0.358 e. The smallest absolute Gasteiger partial charge is 0.173 e. The normalized spacial score (nSPS) is 54.1. The van der Waals surface area contributed by atoms with Gasteiger partial charge in [-0.3, -0.25) is 4.79 Å². The highest BCUT2D eigenvalue weighted by Crippen LogP contribution is 2.63. The van der Waals surface area contributed by atoms with E-state index in [4.69, 9.17) is 4.74 Å². The standard InChI is InChI=1S/C14H22O2/c1-12(2)6-5-7-13(3)9(12)8-10-14(4,16-10)11(13)15/h9-10H,5-8H2,1-4H3/t9?,10?,13-,14+/m0/s1. The molecule has 90 valence electrons. The van der Waals surface area contributed by atoms with E-state index in [0.717, 1.165) is 12.8 Å². The molecule has 1 heterocycles. The number of carbonyl (C=O) groups is 1. The van der Waals surface area contributed by atoms with Gasteiger partial charge < -0.3 is 4.74 Å².